The van der Waals surface area contributed by atoms with Crippen molar-refractivity contribution in [1.82, 2.24) is 19.6 Å². The van der Waals surface area contributed by atoms with E-state index >= 15 is 0 Å². The molecule has 60 heavy (non-hydrogen) atoms. The Kier molecular flexibility index (Phi) is 28.8. The van der Waals surface area contributed by atoms with E-state index in [9.17, 15) is 34.5 Å². The molecule has 0 bridgehead atoms. The highest BCUT2D eigenvalue weighted by atomic mass is 16.6. The van der Waals surface area contributed by atoms with E-state index in [0.717, 1.165) is 0 Å². The number of hydrogen-bond donors (Lipinski definition) is 2. The average Bonchev–Trinajstić information content (AvgIpc) is 3.21. The number of rotatable bonds is 32. The molecule has 20 heteroatoms. The Labute approximate surface area is 353 Å². The van der Waals surface area contributed by atoms with Gasteiger partial charge in [-0.25, -0.2) is 0 Å². The highest BCUT2D eigenvalue weighted by Crippen LogP contribution is 2.27. The van der Waals surface area contributed by atoms with Crippen molar-refractivity contribution in [2.24, 2.45) is 0 Å². The normalized spacial score (nSPS) is 15.8. The molecule has 1 unspecified atom stereocenters. The van der Waals surface area contributed by atoms with Gasteiger partial charge in [0.05, 0.1) is 92.2 Å². The Morgan fingerprint density at radius 2 is 1.07 bits per heavy atom. The molecule has 1 aliphatic rings. The smallest absolute Gasteiger partial charge is 0.321 e. The Morgan fingerprint density at radius 1 is 0.617 bits per heavy atom. The van der Waals surface area contributed by atoms with Crippen molar-refractivity contribution in [2.75, 3.05) is 172 Å². The summed E-state index contributed by atoms with van der Waals surface area (Å²) in [5, 5.41) is 31.8. The molecular weight excluding hydrogens is 792 g/mol. The fourth-order valence-electron chi connectivity index (χ4n) is 6.07. The Morgan fingerprint density at radius 3 is 1.53 bits per heavy atom. The number of methoxy groups -OCH3 is 1. The van der Waals surface area contributed by atoms with Gasteiger partial charge in [0.15, 0.2) is 0 Å². The van der Waals surface area contributed by atoms with Gasteiger partial charge in [-0.2, -0.15) is 0 Å². The number of esters is 1. The third-order valence-electron chi connectivity index (χ3n) is 9.22. The number of carboxylic acid groups (broad SMARTS) is 3. The summed E-state index contributed by atoms with van der Waals surface area (Å²) in [6.45, 7) is 10.4. The second-order valence-electron chi connectivity index (χ2n) is 13.6. The van der Waals surface area contributed by atoms with Crippen LogP contribution in [0.5, 0.6) is 11.5 Å². The maximum Gasteiger partial charge on any atom is 0.321 e. The zero-order valence-corrected chi connectivity index (χ0v) is 35.6. The number of carbonyl (C=O) groups excluding carboxylic acids is 2. The van der Waals surface area contributed by atoms with Crippen molar-refractivity contribution in [3.8, 4) is 11.5 Å². The van der Waals surface area contributed by atoms with E-state index in [-0.39, 0.29) is 98.2 Å². The summed E-state index contributed by atoms with van der Waals surface area (Å²) in [5.41, 5.74) is 0.590. The monoisotopic (exact) mass is 859 g/mol. The van der Waals surface area contributed by atoms with E-state index in [0.29, 0.717) is 89.7 Å². The lowest BCUT2D eigenvalue weighted by Gasteiger charge is -2.36. The Bertz CT molecular complexity index is 1340. The first-order valence-corrected chi connectivity index (χ1v) is 20.5. The van der Waals surface area contributed by atoms with Crippen molar-refractivity contribution in [3.63, 3.8) is 0 Å². The number of hydrogen-bond acceptors (Lipinski definition) is 18. The molecule has 1 fully saturated rings. The number of ether oxygens (including phenoxy) is 9. The molecule has 0 aromatic heterocycles. The maximum atomic E-state index is 13.1. The lowest BCUT2D eigenvalue weighted by Crippen LogP contribution is -2.52. The van der Waals surface area contributed by atoms with Gasteiger partial charge in [0.2, 0.25) is 0 Å². The van der Waals surface area contributed by atoms with Crippen molar-refractivity contribution in [1.29, 1.82) is 0 Å². The van der Waals surface area contributed by atoms with Gasteiger partial charge < -0.3 is 62.7 Å². The quantitative estimate of drug-likeness (QED) is 0.0641. The lowest BCUT2D eigenvalue weighted by atomic mass is 10.0. The third kappa shape index (κ3) is 24.5. The first-order chi connectivity index (χ1) is 29.1. The Balaban J connectivity index is 2.25. The molecular formula is C40H67N4O16-. The molecule has 1 saturated heterocycles. The number of benzene rings is 1. The van der Waals surface area contributed by atoms with Crippen LogP contribution in [-0.4, -0.2) is 231 Å². The van der Waals surface area contributed by atoms with Crippen LogP contribution in [0.1, 0.15) is 19.4 Å². The SMILES string of the molecule is CCOCCOCCOCCOc1ccc(CC(C(=O)O)N2CCN(CC(=O)O)CCN(CC(=O)[O-])CCN(CC(=O)OC)CC2)c(OCCOCCOCCOCC)c1. The molecule has 1 aliphatic heterocycles. The van der Waals surface area contributed by atoms with E-state index in [2.05, 4.69) is 0 Å². The molecule has 1 aromatic rings. The summed E-state index contributed by atoms with van der Waals surface area (Å²) < 4.78 is 49.8. The number of carbonyl (C=O) groups is 4. The Hall–Kier alpha value is -3.70. The molecule has 2 N–H and O–H groups in total. The van der Waals surface area contributed by atoms with Gasteiger partial charge >= 0.3 is 17.9 Å². The summed E-state index contributed by atoms with van der Waals surface area (Å²) >= 11 is 0. The molecule has 0 aliphatic carbocycles. The van der Waals surface area contributed by atoms with Gasteiger partial charge in [0.25, 0.3) is 0 Å². The van der Waals surface area contributed by atoms with Crippen molar-refractivity contribution >= 4 is 23.9 Å². The van der Waals surface area contributed by atoms with E-state index in [1.165, 1.54) is 7.11 Å². The molecule has 344 valence electrons. The fraction of sp³-hybridized carbons (Fsp3) is 0.750. The summed E-state index contributed by atoms with van der Waals surface area (Å²) in [6, 6.07) is 4.10. The lowest BCUT2D eigenvalue weighted by molar-refractivity contribution is -0.306. The summed E-state index contributed by atoms with van der Waals surface area (Å²) in [7, 11) is 1.27. The molecule has 2 rings (SSSR count). The van der Waals surface area contributed by atoms with Gasteiger partial charge in [0, 0.05) is 84.6 Å². The number of aliphatic carboxylic acids is 3. The van der Waals surface area contributed by atoms with E-state index in [1.807, 2.05) is 13.8 Å². The highest BCUT2D eigenvalue weighted by molar-refractivity contribution is 5.74. The zero-order valence-electron chi connectivity index (χ0n) is 35.6. The zero-order chi connectivity index (χ0) is 43.8. The van der Waals surface area contributed by atoms with Gasteiger partial charge in [-0.05, 0) is 25.5 Å². The van der Waals surface area contributed by atoms with Crippen LogP contribution < -0.4 is 14.6 Å². The molecule has 0 spiro atoms. The van der Waals surface area contributed by atoms with Crippen LogP contribution in [0, 0.1) is 0 Å². The molecule has 20 nitrogen and oxygen atoms in total. The summed E-state index contributed by atoms with van der Waals surface area (Å²) in [6.07, 6.45) is 0.0151. The van der Waals surface area contributed by atoms with Crippen molar-refractivity contribution in [2.45, 2.75) is 26.3 Å². The standard InChI is InChI=1S/C40H68N4O16/c1-4-53-16-18-55-20-22-57-24-26-59-34-7-6-33(36(29-34)60-27-25-58-23-21-56-19-17-54-5-2)28-35(40(50)51)44-14-12-42(31-38(47)48)9-8-41(30-37(45)46)10-11-43(13-15-44)32-39(49)52-3/h6-7,29,35H,4-5,8-28,30-32H2,1-3H3,(H,45,46)(H,47,48)(H,50,51)/p-1. The fourth-order valence-corrected chi connectivity index (χ4v) is 6.07. The van der Waals surface area contributed by atoms with Crippen LogP contribution in [0.15, 0.2) is 18.2 Å². The van der Waals surface area contributed by atoms with E-state index in [1.54, 1.807) is 37.8 Å². The van der Waals surface area contributed by atoms with E-state index < -0.39 is 29.9 Å². The minimum atomic E-state index is -1.28. The number of carboxylic acids is 3. The predicted octanol–water partition coefficient (Wildman–Crippen LogP) is -1.19. The summed E-state index contributed by atoms with van der Waals surface area (Å²) in [4.78, 5) is 55.5. The van der Waals surface area contributed by atoms with Crippen LogP contribution in [-0.2, 0) is 58.8 Å². The molecule has 1 atom stereocenters. The first-order valence-electron chi connectivity index (χ1n) is 20.5. The highest BCUT2D eigenvalue weighted by Gasteiger charge is 2.29. The van der Waals surface area contributed by atoms with Crippen LogP contribution >= 0.6 is 0 Å². The molecule has 0 radical (unpaired) electrons. The van der Waals surface area contributed by atoms with Crippen LogP contribution in [0.25, 0.3) is 0 Å². The largest absolute Gasteiger partial charge is 0.549 e. The van der Waals surface area contributed by atoms with Crippen LogP contribution in [0.4, 0.5) is 0 Å². The number of nitrogens with zero attached hydrogens (tertiary/aromatic N) is 4. The minimum absolute atomic E-state index is 0.0151. The first kappa shape index (κ1) is 52.4. The average molecular weight is 860 g/mol. The van der Waals surface area contributed by atoms with Crippen LogP contribution in [0.2, 0.25) is 0 Å². The van der Waals surface area contributed by atoms with Crippen molar-refractivity contribution < 1.29 is 77.1 Å². The van der Waals surface area contributed by atoms with E-state index in [4.69, 9.17) is 42.6 Å². The van der Waals surface area contributed by atoms with Gasteiger partial charge in [-0.3, -0.25) is 34.0 Å². The molecule has 0 amide bonds. The van der Waals surface area contributed by atoms with Gasteiger partial charge in [-0.1, -0.05) is 6.07 Å². The molecule has 1 heterocycles. The van der Waals surface area contributed by atoms with Gasteiger partial charge in [-0.15, -0.1) is 0 Å². The van der Waals surface area contributed by atoms with Crippen LogP contribution in [0.3, 0.4) is 0 Å². The molecule has 0 saturated carbocycles. The second kappa shape index (κ2) is 33.0. The minimum Gasteiger partial charge on any atom is -0.549 e. The predicted molar refractivity (Wildman–Crippen MR) is 214 cm³/mol. The summed E-state index contributed by atoms with van der Waals surface area (Å²) in [5.74, 6) is -3.07. The topological polar surface area (TPSA) is 228 Å². The third-order valence-corrected chi connectivity index (χ3v) is 9.22. The second-order valence-corrected chi connectivity index (χ2v) is 13.6. The maximum absolute atomic E-state index is 13.1. The molecule has 1 aromatic carbocycles. The van der Waals surface area contributed by atoms with Crippen molar-refractivity contribution in [3.05, 3.63) is 23.8 Å². The van der Waals surface area contributed by atoms with Gasteiger partial charge in [0.1, 0.15) is 30.8 Å².